The molecule has 1 aliphatic heterocycles. The number of allylic oxidation sites excluding steroid dienone is 1. The Labute approximate surface area is 195 Å². The Bertz CT molecular complexity index is 1300. The summed E-state index contributed by atoms with van der Waals surface area (Å²) in [5.41, 5.74) is 1.69. The summed E-state index contributed by atoms with van der Waals surface area (Å²) < 4.78 is 26.2. The minimum Gasteiger partial charge on any atom is -0.493 e. The Morgan fingerprint density at radius 1 is 0.794 bits per heavy atom. The van der Waals surface area contributed by atoms with Crippen molar-refractivity contribution in [2.45, 2.75) is 0 Å². The highest BCUT2D eigenvalue weighted by Crippen LogP contribution is 2.35. The Morgan fingerprint density at radius 3 is 2.18 bits per heavy atom. The Kier molecular flexibility index (Phi) is 6.31. The molecule has 0 aromatic heterocycles. The number of hydrogen-bond acceptors (Lipinski definition) is 8. The predicted molar refractivity (Wildman–Crippen MR) is 122 cm³/mol. The summed E-state index contributed by atoms with van der Waals surface area (Å²) in [6.07, 6.45) is 1.57. The van der Waals surface area contributed by atoms with Crippen molar-refractivity contribution in [2.75, 3.05) is 21.3 Å². The zero-order valence-electron chi connectivity index (χ0n) is 18.6. The van der Waals surface area contributed by atoms with E-state index in [1.54, 1.807) is 42.5 Å². The molecule has 4 rings (SSSR count). The van der Waals surface area contributed by atoms with E-state index in [-0.39, 0.29) is 28.6 Å². The van der Waals surface area contributed by atoms with Crippen LogP contribution in [0.2, 0.25) is 0 Å². The second-order valence-corrected chi connectivity index (χ2v) is 7.17. The van der Waals surface area contributed by atoms with Gasteiger partial charge in [-0.3, -0.25) is 4.79 Å². The second kappa shape index (κ2) is 9.50. The number of methoxy groups -OCH3 is 3. The second-order valence-electron chi connectivity index (χ2n) is 7.17. The predicted octanol–water partition coefficient (Wildman–Crippen LogP) is 4.33. The molecule has 0 aliphatic carbocycles. The van der Waals surface area contributed by atoms with Crippen LogP contribution in [0.1, 0.15) is 36.6 Å². The van der Waals surface area contributed by atoms with Crippen molar-refractivity contribution < 1.29 is 38.1 Å². The number of hydrogen-bond donors (Lipinski definition) is 0. The highest BCUT2D eigenvalue weighted by molar-refractivity contribution is 6.14. The van der Waals surface area contributed by atoms with E-state index in [1.165, 1.54) is 45.6 Å². The van der Waals surface area contributed by atoms with Gasteiger partial charge in [-0.05, 0) is 54.1 Å². The Hall–Kier alpha value is -4.59. The molecule has 1 heterocycles. The van der Waals surface area contributed by atoms with Crippen LogP contribution in [0.5, 0.6) is 23.0 Å². The number of esters is 2. The molecule has 8 heteroatoms. The molecule has 0 unspecified atom stereocenters. The number of fused-ring (bicyclic) bond motifs is 1. The van der Waals surface area contributed by atoms with Gasteiger partial charge in [-0.15, -0.1) is 0 Å². The summed E-state index contributed by atoms with van der Waals surface area (Å²) in [5.74, 6) is 0.141. The maximum Gasteiger partial charge on any atom is 0.343 e. The van der Waals surface area contributed by atoms with E-state index in [2.05, 4.69) is 4.74 Å². The van der Waals surface area contributed by atoms with Crippen LogP contribution in [-0.4, -0.2) is 39.1 Å². The summed E-state index contributed by atoms with van der Waals surface area (Å²) in [5, 5.41) is 0. The molecule has 1 aliphatic rings. The first kappa shape index (κ1) is 22.6. The maximum absolute atomic E-state index is 12.7. The molecule has 0 saturated heterocycles. The van der Waals surface area contributed by atoms with Crippen LogP contribution in [-0.2, 0) is 4.74 Å². The van der Waals surface area contributed by atoms with Crippen molar-refractivity contribution in [3.8, 4) is 23.0 Å². The zero-order chi connectivity index (χ0) is 24.2. The lowest BCUT2D eigenvalue weighted by Gasteiger charge is -2.10. The van der Waals surface area contributed by atoms with Crippen LogP contribution in [0.4, 0.5) is 0 Å². The van der Waals surface area contributed by atoms with Gasteiger partial charge in [0.1, 0.15) is 11.5 Å². The zero-order valence-corrected chi connectivity index (χ0v) is 18.6. The van der Waals surface area contributed by atoms with Crippen LogP contribution in [0.25, 0.3) is 6.08 Å². The van der Waals surface area contributed by atoms with Gasteiger partial charge in [0.2, 0.25) is 5.78 Å². The number of carbonyl (C=O) groups is 3. The van der Waals surface area contributed by atoms with Gasteiger partial charge in [0.25, 0.3) is 0 Å². The van der Waals surface area contributed by atoms with Crippen molar-refractivity contribution in [3.05, 3.63) is 88.7 Å². The van der Waals surface area contributed by atoms with Crippen LogP contribution in [0, 0.1) is 0 Å². The van der Waals surface area contributed by atoms with Gasteiger partial charge in [0.05, 0.1) is 38.0 Å². The molecule has 0 fully saturated rings. The Morgan fingerprint density at radius 2 is 1.50 bits per heavy atom. The molecule has 8 nitrogen and oxygen atoms in total. The molecular weight excluding hydrogens is 440 g/mol. The van der Waals surface area contributed by atoms with Crippen molar-refractivity contribution >= 4 is 23.8 Å². The first-order valence-corrected chi connectivity index (χ1v) is 10.1. The fourth-order valence-corrected chi connectivity index (χ4v) is 3.34. The van der Waals surface area contributed by atoms with Crippen LogP contribution in [0.15, 0.2) is 66.4 Å². The van der Waals surface area contributed by atoms with Crippen LogP contribution >= 0.6 is 0 Å². The number of Topliss-reactive ketones (excluding diaryl/α,β-unsaturated/α-hetero) is 1. The van der Waals surface area contributed by atoms with Gasteiger partial charge in [-0.25, -0.2) is 9.59 Å². The molecule has 34 heavy (non-hydrogen) atoms. The molecule has 0 spiro atoms. The fourth-order valence-electron chi connectivity index (χ4n) is 3.34. The topological polar surface area (TPSA) is 97.4 Å². The first-order chi connectivity index (χ1) is 16.4. The standard InChI is InChI=1S/C26H20O8/c1-30-20-11-8-17(13-22(20)31-2)26(29)33-18-9-10-19-21(14-18)34-23(24(19)27)12-15-4-6-16(7-5-15)25(28)32-3/h4-14H,1-3H3/b23-12-. The summed E-state index contributed by atoms with van der Waals surface area (Å²) in [7, 11) is 4.28. The lowest BCUT2D eigenvalue weighted by Crippen LogP contribution is -2.09. The lowest BCUT2D eigenvalue weighted by molar-refractivity contribution is 0.0600. The van der Waals surface area contributed by atoms with Gasteiger partial charge >= 0.3 is 11.9 Å². The summed E-state index contributed by atoms with van der Waals surface area (Å²) in [6, 6.07) is 15.8. The minimum atomic E-state index is -0.605. The van der Waals surface area contributed by atoms with Crippen LogP contribution < -0.4 is 18.9 Å². The Balaban J connectivity index is 1.51. The molecule has 0 bridgehead atoms. The third-order valence-corrected chi connectivity index (χ3v) is 5.10. The molecule has 3 aromatic carbocycles. The van der Waals surface area contributed by atoms with Gasteiger partial charge in [0, 0.05) is 6.07 Å². The van der Waals surface area contributed by atoms with Gasteiger partial charge in [-0.1, -0.05) is 12.1 Å². The van der Waals surface area contributed by atoms with Gasteiger partial charge in [0.15, 0.2) is 17.3 Å². The fraction of sp³-hybridized carbons (Fsp3) is 0.115. The number of ether oxygens (including phenoxy) is 5. The average Bonchev–Trinajstić information content (AvgIpc) is 3.17. The smallest absolute Gasteiger partial charge is 0.343 e. The third-order valence-electron chi connectivity index (χ3n) is 5.10. The van der Waals surface area contributed by atoms with Gasteiger partial charge < -0.3 is 23.7 Å². The monoisotopic (exact) mass is 460 g/mol. The number of carbonyl (C=O) groups excluding carboxylic acids is 3. The van der Waals surface area contributed by atoms with Crippen molar-refractivity contribution in [1.82, 2.24) is 0 Å². The first-order valence-electron chi connectivity index (χ1n) is 10.1. The van der Waals surface area contributed by atoms with E-state index >= 15 is 0 Å². The maximum atomic E-state index is 12.7. The summed E-state index contributed by atoms with van der Waals surface area (Å²) >= 11 is 0. The lowest BCUT2D eigenvalue weighted by atomic mass is 10.1. The molecule has 0 amide bonds. The molecule has 0 N–H and O–H groups in total. The largest absolute Gasteiger partial charge is 0.493 e. The van der Waals surface area contributed by atoms with E-state index in [1.807, 2.05) is 0 Å². The summed E-state index contributed by atoms with van der Waals surface area (Å²) in [4.78, 5) is 36.9. The molecule has 0 atom stereocenters. The van der Waals surface area contributed by atoms with E-state index in [0.717, 1.165) is 0 Å². The minimum absolute atomic E-state index is 0.115. The highest BCUT2D eigenvalue weighted by Gasteiger charge is 2.28. The molecule has 172 valence electrons. The SMILES string of the molecule is COC(=O)c1ccc(/C=C2\Oc3cc(OC(=O)c4ccc(OC)c(OC)c4)ccc3C2=O)cc1. The molecule has 3 aromatic rings. The third kappa shape index (κ3) is 4.47. The number of benzene rings is 3. The molecule has 0 saturated carbocycles. The molecular formula is C26H20O8. The van der Waals surface area contributed by atoms with Crippen molar-refractivity contribution in [3.63, 3.8) is 0 Å². The van der Waals surface area contributed by atoms with Crippen molar-refractivity contribution in [2.24, 2.45) is 0 Å². The van der Waals surface area contributed by atoms with Gasteiger partial charge in [-0.2, -0.15) is 0 Å². The van der Waals surface area contributed by atoms with E-state index in [0.29, 0.717) is 28.2 Å². The average molecular weight is 460 g/mol. The number of ketones is 1. The summed E-state index contributed by atoms with van der Waals surface area (Å²) in [6.45, 7) is 0. The van der Waals surface area contributed by atoms with Crippen molar-refractivity contribution in [1.29, 1.82) is 0 Å². The highest BCUT2D eigenvalue weighted by atomic mass is 16.5. The molecule has 0 radical (unpaired) electrons. The normalized spacial score (nSPS) is 13.1. The quantitative estimate of drug-likeness (QED) is 0.305. The number of rotatable bonds is 6. The van der Waals surface area contributed by atoms with E-state index in [4.69, 9.17) is 18.9 Å². The van der Waals surface area contributed by atoms with Crippen LogP contribution in [0.3, 0.4) is 0 Å². The van der Waals surface area contributed by atoms with E-state index < -0.39 is 11.9 Å². The van der Waals surface area contributed by atoms with E-state index in [9.17, 15) is 14.4 Å².